The van der Waals surface area contributed by atoms with Gasteiger partial charge in [-0.05, 0) is 72.6 Å². The van der Waals surface area contributed by atoms with E-state index in [9.17, 15) is 4.79 Å². The van der Waals surface area contributed by atoms with Crippen LogP contribution in [0.3, 0.4) is 0 Å². The lowest BCUT2D eigenvalue weighted by Gasteiger charge is -2.44. The number of carbonyl (C=O) groups is 1. The second-order valence-electron chi connectivity index (χ2n) is 7.24. The summed E-state index contributed by atoms with van der Waals surface area (Å²) >= 11 is 0. The maximum Gasteiger partial charge on any atom is 0.136 e. The van der Waals surface area contributed by atoms with Gasteiger partial charge in [0.25, 0.3) is 0 Å². The van der Waals surface area contributed by atoms with Crippen LogP contribution in [-0.4, -0.2) is 12.9 Å². The van der Waals surface area contributed by atoms with E-state index in [4.69, 9.17) is 4.74 Å². The van der Waals surface area contributed by atoms with Crippen LogP contribution < -0.4 is 4.74 Å². The maximum atomic E-state index is 12.1. The Kier molecular flexibility index (Phi) is 3.09. The largest absolute Gasteiger partial charge is 0.497 e. The predicted molar refractivity (Wildman–Crippen MR) is 82.5 cm³/mol. The number of fused-ring (bicyclic) bond motifs is 5. The summed E-state index contributed by atoms with van der Waals surface area (Å²) in [6.07, 6.45) is 5.76. The molecule has 0 radical (unpaired) electrons. The van der Waals surface area contributed by atoms with Crippen molar-refractivity contribution in [2.75, 3.05) is 7.11 Å². The van der Waals surface area contributed by atoms with Gasteiger partial charge in [0.1, 0.15) is 11.5 Å². The second-order valence-corrected chi connectivity index (χ2v) is 7.24. The Morgan fingerprint density at radius 2 is 1.95 bits per heavy atom. The fourth-order valence-corrected chi connectivity index (χ4v) is 5.41. The Morgan fingerprint density at radius 1 is 1.10 bits per heavy atom. The van der Waals surface area contributed by atoms with Gasteiger partial charge in [0, 0.05) is 12.3 Å². The Hall–Kier alpha value is -1.31. The van der Waals surface area contributed by atoms with Crippen LogP contribution in [0.25, 0.3) is 0 Å². The van der Waals surface area contributed by atoms with Crippen LogP contribution in [0, 0.1) is 23.7 Å². The Balaban J connectivity index is 1.67. The molecule has 0 bridgehead atoms. The topological polar surface area (TPSA) is 26.3 Å². The van der Waals surface area contributed by atoms with Crippen LogP contribution in [0.15, 0.2) is 18.2 Å². The third-order valence-electron chi connectivity index (χ3n) is 6.51. The molecule has 0 aromatic heterocycles. The molecule has 2 heteroatoms. The van der Waals surface area contributed by atoms with Crippen LogP contribution in [0.5, 0.6) is 5.75 Å². The van der Waals surface area contributed by atoms with Crippen LogP contribution in [-0.2, 0) is 11.2 Å². The van der Waals surface area contributed by atoms with Gasteiger partial charge in [0.05, 0.1) is 7.11 Å². The van der Waals surface area contributed by atoms with E-state index in [1.54, 1.807) is 7.11 Å². The van der Waals surface area contributed by atoms with Gasteiger partial charge in [-0.25, -0.2) is 0 Å². The molecule has 0 saturated heterocycles. The molecule has 0 aliphatic heterocycles. The van der Waals surface area contributed by atoms with E-state index in [-0.39, 0.29) is 0 Å². The predicted octanol–water partition coefficient (Wildman–Crippen LogP) is 3.98. The normalized spacial score (nSPS) is 37.6. The van der Waals surface area contributed by atoms with Crippen LogP contribution in [0.2, 0.25) is 0 Å². The first kappa shape index (κ1) is 13.4. The van der Waals surface area contributed by atoms with Crippen molar-refractivity contribution in [1.82, 2.24) is 0 Å². The molecule has 0 amide bonds. The SMILES string of the molecule is COc1ccc2c(c1)CC[C@H]1[C@@H]3CC(=O)[C@@H](C)[C@@H]3CC[C@H]21. The molecule has 0 N–H and O–H groups in total. The van der Waals surface area contributed by atoms with Crippen LogP contribution >= 0.6 is 0 Å². The lowest BCUT2D eigenvalue weighted by Crippen LogP contribution is -2.35. The number of rotatable bonds is 1. The Bertz CT molecular complexity index is 577. The molecule has 1 aromatic rings. The van der Waals surface area contributed by atoms with E-state index in [1.807, 2.05) is 0 Å². The number of hydrogen-bond acceptors (Lipinski definition) is 2. The first-order valence-electron chi connectivity index (χ1n) is 8.38. The molecule has 3 aliphatic rings. The van der Waals surface area contributed by atoms with Gasteiger partial charge in [0.2, 0.25) is 0 Å². The van der Waals surface area contributed by atoms with Crippen LogP contribution in [0.4, 0.5) is 0 Å². The molecule has 21 heavy (non-hydrogen) atoms. The van der Waals surface area contributed by atoms with Gasteiger partial charge < -0.3 is 4.74 Å². The van der Waals surface area contributed by atoms with E-state index in [0.717, 1.165) is 24.5 Å². The number of ketones is 1. The minimum atomic E-state index is 0.313. The highest BCUT2D eigenvalue weighted by atomic mass is 16.5. The van der Waals surface area contributed by atoms with Crippen molar-refractivity contribution in [2.45, 2.75) is 44.9 Å². The number of Topliss-reactive ketones (excluding diaryl/α,β-unsaturated/α-hetero) is 1. The third kappa shape index (κ3) is 1.95. The number of hydrogen-bond donors (Lipinski definition) is 0. The average Bonchev–Trinajstić information content (AvgIpc) is 2.81. The van der Waals surface area contributed by atoms with Crippen molar-refractivity contribution in [2.24, 2.45) is 23.7 Å². The van der Waals surface area contributed by atoms with E-state index in [2.05, 4.69) is 25.1 Å². The summed E-state index contributed by atoms with van der Waals surface area (Å²) in [5.41, 5.74) is 3.02. The number of aryl methyl sites for hydroxylation is 1. The van der Waals surface area contributed by atoms with Crippen molar-refractivity contribution < 1.29 is 9.53 Å². The maximum absolute atomic E-state index is 12.1. The zero-order valence-electron chi connectivity index (χ0n) is 13.0. The summed E-state index contributed by atoms with van der Waals surface area (Å²) in [6, 6.07) is 6.61. The molecule has 0 spiro atoms. The highest BCUT2D eigenvalue weighted by molar-refractivity contribution is 5.83. The van der Waals surface area contributed by atoms with E-state index in [0.29, 0.717) is 29.5 Å². The number of benzene rings is 1. The second kappa shape index (κ2) is 4.86. The number of ether oxygens (including phenoxy) is 1. The monoisotopic (exact) mass is 284 g/mol. The average molecular weight is 284 g/mol. The molecular weight excluding hydrogens is 260 g/mol. The molecule has 1 aromatic carbocycles. The molecule has 2 saturated carbocycles. The molecular formula is C19H24O2. The van der Waals surface area contributed by atoms with E-state index in [1.165, 1.54) is 30.4 Å². The lowest BCUT2D eigenvalue weighted by atomic mass is 9.60. The molecule has 112 valence electrons. The zero-order valence-corrected chi connectivity index (χ0v) is 13.0. The summed E-state index contributed by atoms with van der Waals surface area (Å²) in [4.78, 5) is 12.1. The summed E-state index contributed by atoms with van der Waals surface area (Å²) < 4.78 is 5.37. The molecule has 5 atom stereocenters. The minimum absolute atomic E-state index is 0.313. The fraction of sp³-hybridized carbons (Fsp3) is 0.632. The van der Waals surface area contributed by atoms with Gasteiger partial charge in [0.15, 0.2) is 0 Å². The van der Waals surface area contributed by atoms with Crippen molar-refractivity contribution in [3.8, 4) is 5.75 Å². The highest BCUT2D eigenvalue weighted by Gasteiger charge is 2.49. The lowest BCUT2D eigenvalue weighted by molar-refractivity contribution is -0.120. The van der Waals surface area contributed by atoms with Gasteiger partial charge >= 0.3 is 0 Å². The van der Waals surface area contributed by atoms with Gasteiger partial charge in [-0.2, -0.15) is 0 Å². The van der Waals surface area contributed by atoms with Gasteiger partial charge in [-0.1, -0.05) is 13.0 Å². The molecule has 4 rings (SSSR count). The Morgan fingerprint density at radius 3 is 2.76 bits per heavy atom. The Labute approximate surface area is 126 Å². The standard InChI is InChI=1S/C19H24O2/c1-11-14-7-8-16-15-6-4-13(21-2)9-12(15)3-5-17(16)18(14)10-19(11)20/h4,6,9,11,14,16-18H,3,5,7-8,10H2,1-2H3/t11-,14-,16+,17+,18+/m0/s1. The highest BCUT2D eigenvalue weighted by Crippen LogP contribution is 2.55. The molecule has 2 nitrogen and oxygen atoms in total. The first-order valence-corrected chi connectivity index (χ1v) is 8.38. The minimum Gasteiger partial charge on any atom is -0.497 e. The molecule has 2 fully saturated rings. The summed E-state index contributed by atoms with van der Waals surface area (Å²) in [5.74, 6) is 4.54. The fourth-order valence-electron chi connectivity index (χ4n) is 5.41. The summed E-state index contributed by atoms with van der Waals surface area (Å²) in [6.45, 7) is 2.16. The number of carbonyl (C=O) groups excluding carboxylic acids is 1. The van der Waals surface area contributed by atoms with Crippen LogP contribution in [0.1, 0.15) is 49.7 Å². The smallest absolute Gasteiger partial charge is 0.136 e. The van der Waals surface area contributed by atoms with Gasteiger partial charge in [-0.3, -0.25) is 4.79 Å². The van der Waals surface area contributed by atoms with Crippen molar-refractivity contribution in [3.05, 3.63) is 29.3 Å². The van der Waals surface area contributed by atoms with Crippen molar-refractivity contribution in [1.29, 1.82) is 0 Å². The van der Waals surface area contributed by atoms with Crippen molar-refractivity contribution >= 4 is 5.78 Å². The van der Waals surface area contributed by atoms with E-state index < -0.39 is 0 Å². The number of methoxy groups -OCH3 is 1. The molecule has 0 heterocycles. The van der Waals surface area contributed by atoms with Crippen molar-refractivity contribution in [3.63, 3.8) is 0 Å². The zero-order chi connectivity index (χ0) is 14.6. The summed E-state index contributed by atoms with van der Waals surface area (Å²) in [5, 5.41) is 0. The van der Waals surface area contributed by atoms with E-state index >= 15 is 0 Å². The van der Waals surface area contributed by atoms with Gasteiger partial charge in [-0.15, -0.1) is 0 Å². The quantitative estimate of drug-likeness (QED) is 0.780. The summed E-state index contributed by atoms with van der Waals surface area (Å²) in [7, 11) is 1.74. The third-order valence-corrected chi connectivity index (χ3v) is 6.51. The molecule has 0 unspecified atom stereocenters. The first-order chi connectivity index (χ1) is 10.2. The molecule has 3 aliphatic carbocycles.